The first kappa shape index (κ1) is 31.9. The second-order valence-electron chi connectivity index (χ2n) is 15.9. The predicted octanol–water partition coefficient (Wildman–Crippen LogP) is 3.19. The van der Waals surface area contributed by atoms with Crippen LogP contribution in [0, 0.1) is 23.7 Å². The first-order valence-corrected chi connectivity index (χ1v) is 19.1. The van der Waals surface area contributed by atoms with E-state index >= 15 is 0 Å². The fourth-order valence-corrected chi connectivity index (χ4v) is 9.92. The van der Waals surface area contributed by atoms with Gasteiger partial charge in [-0.05, 0) is 79.3 Å². The van der Waals surface area contributed by atoms with Crippen molar-refractivity contribution in [2.24, 2.45) is 23.7 Å². The molecule has 1 aliphatic carbocycles. The summed E-state index contributed by atoms with van der Waals surface area (Å²) >= 11 is 0. The number of aromatic nitrogens is 4. The van der Waals surface area contributed by atoms with E-state index in [2.05, 4.69) is 69.8 Å². The average Bonchev–Trinajstić information content (AvgIpc) is 3.44. The number of amides is 2. The first-order valence-electron chi connectivity index (χ1n) is 19.1. The van der Waals surface area contributed by atoms with Crippen LogP contribution in [0.15, 0.2) is 54.7 Å². The minimum Gasteiger partial charge on any atom is -0.507 e. The van der Waals surface area contributed by atoms with E-state index in [9.17, 15) is 14.7 Å². The van der Waals surface area contributed by atoms with E-state index in [0.717, 1.165) is 85.3 Å². The number of nitrogens with one attached hydrogen (secondary N) is 2. The molecule has 0 spiro atoms. The van der Waals surface area contributed by atoms with E-state index in [1.54, 1.807) is 10.7 Å². The highest BCUT2D eigenvalue weighted by molar-refractivity contribution is 6.00. The Bertz CT molecular complexity index is 2010. The molecule has 5 atom stereocenters. The van der Waals surface area contributed by atoms with Gasteiger partial charge >= 0.3 is 0 Å². The molecule has 0 radical (unpaired) electrons. The Labute approximate surface area is 302 Å². The maximum absolute atomic E-state index is 12.6. The molecule has 10 rings (SSSR count). The standard InChI is InChI=1S/C39H46N10O3/c50-36-4-2-1-3-28(36)32-16-35-38(44-43-32)40-18-27-20-45(13-14-48(27)35)21-29-30-22-46(23-31(29)30)19-24-9-11-47(12-10-24)26-6-5-25-17-41-49(34(25)15-26)33-7-8-37(51)42-39(33)52/h1-6,15-17,24,27,29-31,33,50H,7-14,18-23H2,(H,40,44)(H,42,51,52)/t27-,29-,30+,31-,33?/m0/s1. The molecule has 3 N–H and O–H groups in total. The first-order chi connectivity index (χ1) is 25.4. The molecule has 52 heavy (non-hydrogen) atoms. The van der Waals surface area contributed by atoms with E-state index in [0.29, 0.717) is 30.1 Å². The molecular formula is C39H46N10O3. The van der Waals surface area contributed by atoms with Crippen molar-refractivity contribution in [2.45, 2.75) is 37.8 Å². The number of phenolic OH excluding ortho intramolecular Hbond substituents is 1. The molecule has 5 aliphatic heterocycles. The predicted molar refractivity (Wildman–Crippen MR) is 198 cm³/mol. The average molecular weight is 703 g/mol. The number of aromatic hydroxyl groups is 1. The van der Waals surface area contributed by atoms with Crippen molar-refractivity contribution >= 4 is 39.9 Å². The van der Waals surface area contributed by atoms with Crippen LogP contribution in [0.1, 0.15) is 31.7 Å². The summed E-state index contributed by atoms with van der Waals surface area (Å²) in [6.07, 6.45) is 5.04. The Morgan fingerprint density at radius 3 is 2.54 bits per heavy atom. The van der Waals surface area contributed by atoms with Gasteiger partial charge in [0.05, 0.1) is 29.1 Å². The van der Waals surface area contributed by atoms with Crippen molar-refractivity contribution in [3.8, 4) is 17.0 Å². The minimum absolute atomic E-state index is 0.204. The lowest BCUT2D eigenvalue weighted by Gasteiger charge is -2.46. The number of piperazine rings is 1. The highest BCUT2D eigenvalue weighted by Crippen LogP contribution is 2.52. The molecule has 6 aliphatic rings. The Morgan fingerprint density at radius 1 is 0.865 bits per heavy atom. The molecule has 270 valence electrons. The topological polar surface area (TPSA) is 135 Å². The number of rotatable bonds is 7. The van der Waals surface area contributed by atoms with E-state index in [4.69, 9.17) is 0 Å². The van der Waals surface area contributed by atoms with E-state index in [-0.39, 0.29) is 17.6 Å². The van der Waals surface area contributed by atoms with Crippen molar-refractivity contribution < 1.29 is 14.7 Å². The lowest BCUT2D eigenvalue weighted by atomic mass is 9.95. The maximum Gasteiger partial charge on any atom is 0.251 e. The van der Waals surface area contributed by atoms with Gasteiger partial charge in [0.2, 0.25) is 5.91 Å². The Morgan fingerprint density at radius 2 is 1.71 bits per heavy atom. The summed E-state index contributed by atoms with van der Waals surface area (Å²) in [4.78, 5) is 34.7. The highest BCUT2D eigenvalue weighted by atomic mass is 16.3. The normalized spacial score (nSPS) is 28.0. The fraction of sp³-hybridized carbons (Fsp3) is 0.513. The van der Waals surface area contributed by atoms with Gasteiger partial charge in [-0.25, -0.2) is 0 Å². The zero-order valence-electron chi connectivity index (χ0n) is 29.4. The van der Waals surface area contributed by atoms with Crippen molar-refractivity contribution in [3.05, 3.63) is 54.7 Å². The smallest absolute Gasteiger partial charge is 0.251 e. The van der Waals surface area contributed by atoms with E-state index in [1.807, 2.05) is 24.4 Å². The summed E-state index contributed by atoms with van der Waals surface area (Å²) in [6, 6.07) is 15.8. The Hall–Kier alpha value is -4.75. The molecule has 4 saturated heterocycles. The molecule has 7 heterocycles. The number of phenols is 1. The molecule has 13 nitrogen and oxygen atoms in total. The summed E-state index contributed by atoms with van der Waals surface area (Å²) in [6.45, 7) is 11.0. The highest BCUT2D eigenvalue weighted by Gasteiger charge is 2.56. The molecule has 13 heteroatoms. The van der Waals surface area contributed by atoms with Crippen LogP contribution in [-0.4, -0.2) is 118 Å². The van der Waals surface area contributed by atoms with Crippen LogP contribution in [0.3, 0.4) is 0 Å². The number of hydrogen-bond acceptors (Lipinski definition) is 11. The number of hydrogen-bond donors (Lipinski definition) is 3. The number of carbonyl (C=O) groups is 2. The number of anilines is 3. The molecular weight excluding hydrogens is 656 g/mol. The number of benzene rings is 2. The minimum atomic E-state index is -0.442. The van der Waals surface area contributed by atoms with E-state index < -0.39 is 6.04 Å². The lowest BCUT2D eigenvalue weighted by molar-refractivity contribution is -0.135. The lowest BCUT2D eigenvalue weighted by Crippen LogP contribution is -2.58. The summed E-state index contributed by atoms with van der Waals surface area (Å²) in [5.74, 6) is 3.85. The number of likely N-dealkylation sites (tertiary alicyclic amines) is 1. The third-order valence-electron chi connectivity index (χ3n) is 12.8. The van der Waals surface area contributed by atoms with Gasteiger partial charge in [0.15, 0.2) is 5.82 Å². The van der Waals surface area contributed by atoms with Crippen molar-refractivity contribution in [1.29, 1.82) is 0 Å². The number of para-hydroxylation sites is 1. The number of imide groups is 1. The van der Waals surface area contributed by atoms with Crippen LogP contribution in [0.25, 0.3) is 22.2 Å². The van der Waals surface area contributed by atoms with Gasteiger partial charge in [0, 0.05) is 88.5 Å². The third kappa shape index (κ3) is 5.74. The second-order valence-corrected chi connectivity index (χ2v) is 15.9. The number of carbonyl (C=O) groups excluding carboxylic acids is 2. The van der Waals surface area contributed by atoms with Gasteiger partial charge in [-0.3, -0.25) is 24.5 Å². The SMILES string of the molecule is O=C1CCC(n2ncc3ccc(N4CCC(CN5C[C@@H]6[C@H](C5)[C@@H]6CN5CCN6c7cc(-c8ccccc8O)nnc7NC[C@H]6C5)CC4)cc32)C(=O)N1. The third-order valence-corrected chi connectivity index (χ3v) is 12.8. The number of nitrogens with zero attached hydrogens (tertiary/aromatic N) is 8. The monoisotopic (exact) mass is 702 g/mol. The Balaban J connectivity index is 0.697. The van der Waals surface area contributed by atoms with Gasteiger partial charge in [-0.2, -0.15) is 5.10 Å². The molecule has 1 saturated carbocycles. The zero-order chi connectivity index (χ0) is 34.9. The van der Waals surface area contributed by atoms with Crippen LogP contribution < -0.4 is 20.4 Å². The largest absolute Gasteiger partial charge is 0.507 e. The van der Waals surface area contributed by atoms with Crippen molar-refractivity contribution in [2.75, 3.05) is 80.6 Å². The van der Waals surface area contributed by atoms with Crippen molar-refractivity contribution in [3.63, 3.8) is 0 Å². The van der Waals surface area contributed by atoms with Gasteiger partial charge in [-0.15, -0.1) is 10.2 Å². The number of fused-ring (bicyclic) bond motifs is 5. The number of piperidine rings is 3. The van der Waals surface area contributed by atoms with Gasteiger partial charge < -0.3 is 25.1 Å². The van der Waals surface area contributed by atoms with Crippen LogP contribution in [0.5, 0.6) is 5.75 Å². The van der Waals surface area contributed by atoms with E-state index in [1.165, 1.54) is 44.7 Å². The summed E-state index contributed by atoms with van der Waals surface area (Å²) in [7, 11) is 0. The summed E-state index contributed by atoms with van der Waals surface area (Å²) in [5, 5.41) is 30.8. The van der Waals surface area contributed by atoms with Gasteiger partial charge in [-0.1, -0.05) is 12.1 Å². The van der Waals surface area contributed by atoms with Gasteiger partial charge in [0.1, 0.15) is 11.8 Å². The van der Waals surface area contributed by atoms with Crippen LogP contribution in [0.4, 0.5) is 17.2 Å². The van der Waals surface area contributed by atoms with Crippen LogP contribution in [0.2, 0.25) is 0 Å². The molecule has 2 aromatic heterocycles. The molecule has 2 amide bonds. The summed E-state index contributed by atoms with van der Waals surface area (Å²) in [5.41, 5.74) is 4.65. The molecule has 5 fully saturated rings. The summed E-state index contributed by atoms with van der Waals surface area (Å²) < 4.78 is 1.80. The molecule has 2 aromatic carbocycles. The fourth-order valence-electron chi connectivity index (χ4n) is 9.92. The maximum atomic E-state index is 12.6. The Kier molecular flexibility index (Phi) is 7.82. The van der Waals surface area contributed by atoms with Gasteiger partial charge in [0.25, 0.3) is 5.91 Å². The quantitative estimate of drug-likeness (QED) is 0.245. The molecule has 0 bridgehead atoms. The van der Waals surface area contributed by atoms with Crippen molar-refractivity contribution in [1.82, 2.24) is 35.1 Å². The van der Waals surface area contributed by atoms with Crippen LogP contribution >= 0.6 is 0 Å². The van der Waals surface area contributed by atoms with Crippen LogP contribution in [-0.2, 0) is 9.59 Å². The zero-order valence-corrected chi connectivity index (χ0v) is 29.4. The molecule has 1 unspecified atom stereocenters. The second kappa shape index (κ2) is 12.7. The molecule has 4 aromatic rings.